The summed E-state index contributed by atoms with van der Waals surface area (Å²) in [6.45, 7) is 1.83. The molecule has 0 amide bonds. The van der Waals surface area contributed by atoms with Crippen LogP contribution >= 0.6 is 0 Å². The lowest BCUT2D eigenvalue weighted by Crippen LogP contribution is -2.22. The van der Waals surface area contributed by atoms with Crippen molar-refractivity contribution in [2.75, 3.05) is 0 Å². The van der Waals surface area contributed by atoms with Gasteiger partial charge in [-0.2, -0.15) is 0 Å². The van der Waals surface area contributed by atoms with Crippen molar-refractivity contribution in [3.05, 3.63) is 16.3 Å². The summed E-state index contributed by atoms with van der Waals surface area (Å²) in [5.41, 5.74) is -0.507. The molecule has 0 saturated carbocycles. The quantitative estimate of drug-likeness (QED) is 0.661. The van der Waals surface area contributed by atoms with E-state index in [4.69, 9.17) is 0 Å². The van der Waals surface area contributed by atoms with Gasteiger partial charge in [-0.15, -0.1) is 5.10 Å². The maximum Gasteiger partial charge on any atom is 0.345 e. The van der Waals surface area contributed by atoms with Crippen LogP contribution in [0.25, 0.3) is 0 Å². The van der Waals surface area contributed by atoms with E-state index in [0.29, 0.717) is 0 Å². The summed E-state index contributed by atoms with van der Waals surface area (Å²) in [7, 11) is 1.35. The van der Waals surface area contributed by atoms with Gasteiger partial charge in [-0.1, -0.05) is 0 Å². The highest BCUT2D eigenvalue weighted by Crippen LogP contribution is 2.13. The first kappa shape index (κ1) is 8.89. The van der Waals surface area contributed by atoms with Crippen LogP contribution in [0.2, 0.25) is 0 Å². The first-order valence-corrected chi connectivity index (χ1v) is 3.49. The van der Waals surface area contributed by atoms with Gasteiger partial charge in [0.25, 0.3) is 6.43 Å². The topological polar surface area (TPSA) is 39.8 Å². The van der Waals surface area contributed by atoms with Gasteiger partial charge in [0.15, 0.2) is 0 Å². The van der Waals surface area contributed by atoms with Crippen LogP contribution in [0.4, 0.5) is 8.78 Å². The molecule has 1 rings (SSSR count). The molecule has 0 aliphatic rings. The molecule has 0 unspecified atom stereocenters. The second-order valence-corrected chi connectivity index (χ2v) is 2.31. The zero-order valence-electron chi connectivity index (χ0n) is 6.79. The van der Waals surface area contributed by atoms with E-state index in [2.05, 4.69) is 5.10 Å². The van der Waals surface area contributed by atoms with Crippen LogP contribution in [0.3, 0.4) is 0 Å². The zero-order valence-corrected chi connectivity index (χ0v) is 6.79. The minimum atomic E-state index is -2.70. The van der Waals surface area contributed by atoms with Gasteiger partial charge in [-0.3, -0.25) is 4.57 Å². The molecule has 0 saturated heterocycles. The van der Waals surface area contributed by atoms with E-state index in [9.17, 15) is 13.6 Å². The summed E-state index contributed by atoms with van der Waals surface area (Å²) < 4.78 is 26.2. The minimum absolute atomic E-state index is 0.215. The summed E-state index contributed by atoms with van der Waals surface area (Å²) in [5.74, 6) is -0.468. The number of hydrogen-bond donors (Lipinski definition) is 0. The molecule has 1 aromatic heterocycles. The van der Waals surface area contributed by atoms with Gasteiger partial charge < -0.3 is 0 Å². The summed E-state index contributed by atoms with van der Waals surface area (Å²) in [6.07, 6.45) is -2.70. The molecule has 68 valence electrons. The maximum atomic E-state index is 12.2. The van der Waals surface area contributed by atoms with E-state index in [0.717, 1.165) is 9.25 Å². The molecule has 0 aliphatic heterocycles. The second-order valence-electron chi connectivity index (χ2n) is 2.31. The highest BCUT2D eigenvalue weighted by atomic mass is 19.3. The van der Waals surface area contributed by atoms with Gasteiger partial charge in [-0.25, -0.2) is 18.3 Å². The van der Waals surface area contributed by atoms with Gasteiger partial charge in [0.1, 0.15) is 0 Å². The predicted molar refractivity (Wildman–Crippen MR) is 38.1 cm³/mol. The predicted octanol–water partition coefficient (Wildman–Crippen LogP) is 0.539. The Bertz CT molecular complexity index is 328. The first-order chi connectivity index (χ1) is 5.57. The van der Waals surface area contributed by atoms with Crippen molar-refractivity contribution >= 4 is 0 Å². The molecular weight excluding hydrogens is 168 g/mol. The van der Waals surface area contributed by atoms with Crippen molar-refractivity contribution in [3.63, 3.8) is 0 Å². The maximum absolute atomic E-state index is 12.2. The van der Waals surface area contributed by atoms with Crippen molar-refractivity contribution in [1.82, 2.24) is 14.3 Å². The Kier molecular flexibility index (Phi) is 2.25. The number of aryl methyl sites for hydroxylation is 1. The summed E-state index contributed by atoms with van der Waals surface area (Å²) in [4.78, 5) is 11.1. The Morgan fingerprint density at radius 1 is 1.58 bits per heavy atom. The molecule has 0 fully saturated rings. The molecule has 0 radical (unpaired) electrons. The number of halogens is 2. The third kappa shape index (κ3) is 1.24. The van der Waals surface area contributed by atoms with Crippen molar-refractivity contribution in [2.45, 2.75) is 19.9 Å². The van der Waals surface area contributed by atoms with Crippen LogP contribution in [-0.2, 0) is 13.6 Å². The number of alkyl halides is 2. The van der Waals surface area contributed by atoms with Crippen molar-refractivity contribution in [1.29, 1.82) is 0 Å². The van der Waals surface area contributed by atoms with E-state index in [1.54, 1.807) is 6.92 Å². The van der Waals surface area contributed by atoms with E-state index in [1.807, 2.05) is 0 Å². The Morgan fingerprint density at radius 2 is 2.17 bits per heavy atom. The first-order valence-electron chi connectivity index (χ1n) is 3.49. The minimum Gasteiger partial charge on any atom is -0.274 e. The van der Waals surface area contributed by atoms with Crippen LogP contribution in [0.5, 0.6) is 0 Å². The Balaban J connectivity index is 3.30. The molecule has 0 spiro atoms. The third-order valence-electron chi connectivity index (χ3n) is 1.55. The lowest BCUT2D eigenvalue weighted by atomic mass is 10.6. The summed E-state index contributed by atoms with van der Waals surface area (Å²) >= 11 is 0. The van der Waals surface area contributed by atoms with Crippen LogP contribution in [0, 0.1) is 0 Å². The van der Waals surface area contributed by atoms with Crippen molar-refractivity contribution in [3.8, 4) is 0 Å². The lowest BCUT2D eigenvalue weighted by molar-refractivity contribution is 0.134. The molecule has 0 N–H and O–H groups in total. The smallest absolute Gasteiger partial charge is 0.274 e. The van der Waals surface area contributed by atoms with Gasteiger partial charge in [0.2, 0.25) is 5.82 Å². The number of hydrogen-bond acceptors (Lipinski definition) is 2. The zero-order chi connectivity index (χ0) is 9.30. The van der Waals surface area contributed by atoms with Crippen LogP contribution in [-0.4, -0.2) is 14.3 Å². The van der Waals surface area contributed by atoms with Crippen LogP contribution < -0.4 is 5.69 Å². The fourth-order valence-corrected chi connectivity index (χ4v) is 0.982. The highest BCUT2D eigenvalue weighted by Gasteiger charge is 2.18. The molecule has 12 heavy (non-hydrogen) atoms. The highest BCUT2D eigenvalue weighted by molar-refractivity contribution is 4.88. The standard InChI is InChI=1S/C6H9F2N3O/c1-3-11-5(4(7)8)9-10(2)6(11)12/h4H,3H2,1-2H3. The van der Waals surface area contributed by atoms with E-state index < -0.39 is 17.9 Å². The van der Waals surface area contributed by atoms with Crippen LogP contribution in [0.15, 0.2) is 4.79 Å². The SMILES string of the molecule is CCn1c(C(F)F)nn(C)c1=O. The average Bonchev–Trinajstić information content (AvgIpc) is 2.29. The number of rotatable bonds is 2. The molecule has 0 atom stereocenters. The molecule has 0 bridgehead atoms. The lowest BCUT2D eigenvalue weighted by Gasteiger charge is -1.98. The van der Waals surface area contributed by atoms with Gasteiger partial charge in [0.05, 0.1) is 0 Å². The molecular formula is C6H9F2N3O. The fourth-order valence-electron chi connectivity index (χ4n) is 0.982. The molecule has 4 nitrogen and oxygen atoms in total. The van der Waals surface area contributed by atoms with E-state index in [-0.39, 0.29) is 6.54 Å². The average molecular weight is 177 g/mol. The molecule has 1 aromatic rings. The largest absolute Gasteiger partial charge is 0.345 e. The Morgan fingerprint density at radius 3 is 2.50 bits per heavy atom. The monoisotopic (exact) mass is 177 g/mol. The van der Waals surface area contributed by atoms with Gasteiger partial charge in [0, 0.05) is 13.6 Å². The van der Waals surface area contributed by atoms with E-state index >= 15 is 0 Å². The molecule has 6 heteroatoms. The van der Waals surface area contributed by atoms with E-state index in [1.165, 1.54) is 7.05 Å². The van der Waals surface area contributed by atoms with Crippen molar-refractivity contribution < 1.29 is 8.78 Å². The van der Waals surface area contributed by atoms with Gasteiger partial charge in [-0.05, 0) is 6.92 Å². The second kappa shape index (κ2) is 3.04. The molecule has 0 aromatic carbocycles. The normalized spacial score (nSPS) is 11.1. The number of nitrogens with zero attached hydrogens (tertiary/aromatic N) is 3. The molecule has 1 heterocycles. The summed E-state index contributed by atoms with van der Waals surface area (Å²) in [6, 6.07) is 0. The third-order valence-corrected chi connectivity index (χ3v) is 1.55. The molecule has 0 aliphatic carbocycles. The summed E-state index contributed by atoms with van der Waals surface area (Å²) in [5, 5.41) is 3.40. The van der Waals surface area contributed by atoms with Gasteiger partial charge >= 0.3 is 5.69 Å². The fraction of sp³-hybridized carbons (Fsp3) is 0.667. The van der Waals surface area contributed by atoms with Crippen LogP contribution in [0.1, 0.15) is 19.2 Å². The number of aromatic nitrogens is 3. The Labute approximate surface area is 67.4 Å². The van der Waals surface area contributed by atoms with Crippen molar-refractivity contribution in [2.24, 2.45) is 7.05 Å². The Hall–Kier alpha value is -1.20.